The molecule has 0 aliphatic rings. The Bertz CT molecular complexity index is 525. The molecule has 0 spiro atoms. The summed E-state index contributed by atoms with van der Waals surface area (Å²) in [4.78, 5) is 6.00. The van der Waals surface area contributed by atoms with Crippen molar-refractivity contribution in [2.75, 3.05) is 11.1 Å². The SMILES string of the molecule is CCSc1ccc(Nc2ncc(C#N)s2)cc1. The third kappa shape index (κ3) is 3.22. The van der Waals surface area contributed by atoms with Crippen LogP contribution in [0.25, 0.3) is 0 Å². The molecule has 1 N–H and O–H groups in total. The molecule has 2 aromatic rings. The van der Waals surface area contributed by atoms with Gasteiger partial charge in [-0.3, -0.25) is 0 Å². The summed E-state index contributed by atoms with van der Waals surface area (Å²) in [5, 5.41) is 12.6. The molecule has 86 valence electrons. The fourth-order valence-electron chi connectivity index (χ4n) is 1.31. The molecule has 0 unspecified atom stereocenters. The van der Waals surface area contributed by atoms with E-state index in [1.165, 1.54) is 16.2 Å². The average Bonchev–Trinajstić information content (AvgIpc) is 2.80. The smallest absolute Gasteiger partial charge is 0.188 e. The number of hydrogen-bond acceptors (Lipinski definition) is 5. The maximum absolute atomic E-state index is 8.70. The van der Waals surface area contributed by atoms with Gasteiger partial charge in [-0.05, 0) is 30.0 Å². The van der Waals surface area contributed by atoms with E-state index < -0.39 is 0 Å². The van der Waals surface area contributed by atoms with Crippen molar-refractivity contribution in [1.82, 2.24) is 4.98 Å². The van der Waals surface area contributed by atoms with Crippen LogP contribution in [0.2, 0.25) is 0 Å². The van der Waals surface area contributed by atoms with Gasteiger partial charge in [0.25, 0.3) is 0 Å². The number of nitrogens with zero attached hydrogens (tertiary/aromatic N) is 2. The summed E-state index contributed by atoms with van der Waals surface area (Å²) in [7, 11) is 0. The van der Waals surface area contributed by atoms with Crippen LogP contribution >= 0.6 is 23.1 Å². The zero-order chi connectivity index (χ0) is 12.1. The Hall–Kier alpha value is -1.51. The van der Waals surface area contributed by atoms with Crippen LogP contribution in [-0.4, -0.2) is 10.7 Å². The Morgan fingerprint density at radius 2 is 2.18 bits per heavy atom. The summed E-state index contributed by atoms with van der Waals surface area (Å²) in [5.41, 5.74) is 0.990. The lowest BCUT2D eigenvalue weighted by Gasteiger charge is -2.03. The zero-order valence-corrected chi connectivity index (χ0v) is 10.9. The van der Waals surface area contributed by atoms with E-state index in [1.54, 1.807) is 6.20 Å². The molecule has 0 aliphatic heterocycles. The van der Waals surface area contributed by atoms with Gasteiger partial charge in [-0.25, -0.2) is 4.98 Å². The molecule has 3 nitrogen and oxygen atoms in total. The molecule has 1 aromatic carbocycles. The van der Waals surface area contributed by atoms with E-state index in [4.69, 9.17) is 5.26 Å². The second-order valence-corrected chi connectivity index (χ2v) is 5.59. The van der Waals surface area contributed by atoms with Gasteiger partial charge in [-0.1, -0.05) is 18.3 Å². The number of anilines is 2. The third-order valence-corrected chi connectivity index (χ3v) is 3.74. The van der Waals surface area contributed by atoms with E-state index >= 15 is 0 Å². The second kappa shape index (κ2) is 5.71. The number of aromatic nitrogens is 1. The molecule has 0 atom stereocenters. The van der Waals surface area contributed by atoms with Gasteiger partial charge in [-0.15, -0.1) is 11.8 Å². The second-order valence-electron chi connectivity index (χ2n) is 3.22. The predicted octanol–water partition coefficient (Wildman–Crippen LogP) is 3.87. The van der Waals surface area contributed by atoms with Gasteiger partial charge in [0.2, 0.25) is 0 Å². The van der Waals surface area contributed by atoms with E-state index in [-0.39, 0.29) is 0 Å². The molecule has 1 aromatic heterocycles. The summed E-state index contributed by atoms with van der Waals surface area (Å²) in [6.45, 7) is 2.13. The molecule has 0 saturated heterocycles. The zero-order valence-electron chi connectivity index (χ0n) is 9.30. The number of benzene rings is 1. The van der Waals surface area contributed by atoms with Gasteiger partial charge in [0.15, 0.2) is 5.13 Å². The first-order valence-corrected chi connectivity index (χ1v) is 6.98. The van der Waals surface area contributed by atoms with Crippen LogP contribution in [0.5, 0.6) is 0 Å². The van der Waals surface area contributed by atoms with Crippen LogP contribution in [0, 0.1) is 11.3 Å². The molecular formula is C12H11N3S2. The lowest BCUT2D eigenvalue weighted by molar-refractivity contribution is 1.36. The molecule has 2 rings (SSSR count). The van der Waals surface area contributed by atoms with E-state index in [2.05, 4.69) is 35.4 Å². The maximum atomic E-state index is 8.70. The molecule has 5 heteroatoms. The Labute approximate surface area is 109 Å². The average molecular weight is 261 g/mol. The van der Waals surface area contributed by atoms with Crippen molar-refractivity contribution in [3.05, 3.63) is 35.3 Å². The predicted molar refractivity (Wildman–Crippen MR) is 73.0 cm³/mol. The summed E-state index contributed by atoms with van der Waals surface area (Å²) in [5.74, 6) is 1.07. The van der Waals surface area contributed by atoms with E-state index in [0.29, 0.717) is 4.88 Å². The van der Waals surface area contributed by atoms with Crippen molar-refractivity contribution >= 4 is 33.9 Å². The van der Waals surface area contributed by atoms with Gasteiger partial charge in [0.05, 0.1) is 6.20 Å². The lowest BCUT2D eigenvalue weighted by atomic mass is 10.3. The van der Waals surface area contributed by atoms with Crippen LogP contribution in [0.15, 0.2) is 35.4 Å². The topological polar surface area (TPSA) is 48.7 Å². The molecule has 0 radical (unpaired) electrons. The number of thioether (sulfide) groups is 1. The van der Waals surface area contributed by atoms with Gasteiger partial charge in [0, 0.05) is 10.6 Å². The minimum absolute atomic E-state index is 0.616. The van der Waals surface area contributed by atoms with Crippen LogP contribution in [0.3, 0.4) is 0 Å². The highest BCUT2D eigenvalue weighted by Crippen LogP contribution is 2.24. The first kappa shape index (κ1) is 12.0. The Kier molecular flexibility index (Phi) is 4.02. The van der Waals surface area contributed by atoms with Crippen molar-refractivity contribution in [3.63, 3.8) is 0 Å². The summed E-state index contributed by atoms with van der Waals surface area (Å²) in [6.07, 6.45) is 1.58. The standard InChI is InChI=1S/C12H11N3S2/c1-2-16-10-5-3-9(4-6-10)15-12-14-8-11(7-13)17-12/h3-6,8H,2H2,1H3,(H,14,15). The number of rotatable bonds is 4. The number of nitriles is 1. The Morgan fingerprint density at radius 1 is 1.41 bits per heavy atom. The fraction of sp³-hybridized carbons (Fsp3) is 0.167. The number of nitrogens with one attached hydrogen (secondary N) is 1. The lowest BCUT2D eigenvalue weighted by Crippen LogP contribution is -1.88. The van der Waals surface area contributed by atoms with Crippen LogP contribution in [-0.2, 0) is 0 Å². The summed E-state index contributed by atoms with van der Waals surface area (Å²) in [6, 6.07) is 10.3. The molecule has 0 fully saturated rings. The number of thiazole rings is 1. The quantitative estimate of drug-likeness (QED) is 0.849. The first-order valence-electron chi connectivity index (χ1n) is 5.17. The van der Waals surface area contributed by atoms with Crippen molar-refractivity contribution in [2.45, 2.75) is 11.8 Å². The van der Waals surface area contributed by atoms with Crippen molar-refractivity contribution < 1.29 is 0 Å². The highest BCUT2D eigenvalue weighted by molar-refractivity contribution is 7.99. The fourth-order valence-corrected chi connectivity index (χ4v) is 2.60. The molecule has 17 heavy (non-hydrogen) atoms. The molecule has 0 amide bonds. The number of hydrogen-bond donors (Lipinski definition) is 1. The highest BCUT2D eigenvalue weighted by Gasteiger charge is 2.01. The van der Waals surface area contributed by atoms with Crippen molar-refractivity contribution in [2.24, 2.45) is 0 Å². The largest absolute Gasteiger partial charge is 0.332 e. The molecule has 0 bridgehead atoms. The summed E-state index contributed by atoms with van der Waals surface area (Å²) >= 11 is 3.17. The minimum atomic E-state index is 0.616. The minimum Gasteiger partial charge on any atom is -0.332 e. The van der Waals surface area contributed by atoms with Gasteiger partial charge >= 0.3 is 0 Å². The molecule has 1 heterocycles. The monoisotopic (exact) mass is 261 g/mol. The van der Waals surface area contributed by atoms with Crippen LogP contribution in [0.1, 0.15) is 11.8 Å². The Morgan fingerprint density at radius 3 is 2.76 bits per heavy atom. The van der Waals surface area contributed by atoms with Gasteiger partial charge in [0.1, 0.15) is 10.9 Å². The molecule has 0 saturated carbocycles. The first-order chi connectivity index (χ1) is 8.31. The van der Waals surface area contributed by atoms with Gasteiger partial charge < -0.3 is 5.32 Å². The normalized spacial score (nSPS) is 9.88. The molecule has 0 aliphatic carbocycles. The highest BCUT2D eigenvalue weighted by atomic mass is 32.2. The van der Waals surface area contributed by atoms with Crippen LogP contribution in [0.4, 0.5) is 10.8 Å². The van der Waals surface area contributed by atoms with E-state index in [1.807, 2.05) is 23.9 Å². The van der Waals surface area contributed by atoms with Gasteiger partial charge in [-0.2, -0.15) is 5.26 Å². The maximum Gasteiger partial charge on any atom is 0.188 e. The Balaban J connectivity index is 2.06. The third-order valence-electron chi connectivity index (χ3n) is 2.03. The van der Waals surface area contributed by atoms with E-state index in [0.717, 1.165) is 16.6 Å². The van der Waals surface area contributed by atoms with Crippen LogP contribution < -0.4 is 5.32 Å². The summed E-state index contributed by atoms with van der Waals surface area (Å²) < 4.78 is 0. The van der Waals surface area contributed by atoms with Crippen molar-refractivity contribution in [1.29, 1.82) is 5.26 Å². The van der Waals surface area contributed by atoms with Crippen molar-refractivity contribution in [3.8, 4) is 6.07 Å². The molecular weight excluding hydrogens is 250 g/mol. The van der Waals surface area contributed by atoms with E-state index in [9.17, 15) is 0 Å².